The van der Waals surface area contributed by atoms with E-state index in [4.69, 9.17) is 0 Å². The molecule has 1 amide bonds. The topological polar surface area (TPSA) is 66.9 Å². The van der Waals surface area contributed by atoms with Crippen molar-refractivity contribution in [1.29, 1.82) is 0 Å². The summed E-state index contributed by atoms with van der Waals surface area (Å²) < 4.78 is 0. The first-order valence-corrected chi connectivity index (χ1v) is 6.01. The van der Waals surface area contributed by atoms with E-state index in [1.807, 2.05) is 6.92 Å². The van der Waals surface area contributed by atoms with Crippen LogP contribution in [0.2, 0.25) is 0 Å². The minimum absolute atomic E-state index is 0.134. The fourth-order valence-electron chi connectivity index (χ4n) is 1.46. The van der Waals surface area contributed by atoms with Crippen LogP contribution in [0, 0.1) is 6.92 Å². The van der Waals surface area contributed by atoms with Crippen LogP contribution in [-0.2, 0) is 11.3 Å². The van der Waals surface area contributed by atoms with Gasteiger partial charge in [-0.15, -0.1) is 0 Å². The SMILES string of the molecule is Cc1cnc(CNCCC(=O)NC2CC2)cn1. The summed E-state index contributed by atoms with van der Waals surface area (Å²) in [6, 6.07) is 0.450. The minimum Gasteiger partial charge on any atom is -0.353 e. The molecule has 0 aliphatic heterocycles. The predicted octanol–water partition coefficient (Wildman–Crippen LogP) is 0.543. The van der Waals surface area contributed by atoms with Crippen molar-refractivity contribution >= 4 is 5.91 Å². The molecule has 0 bridgehead atoms. The molecule has 0 radical (unpaired) electrons. The summed E-state index contributed by atoms with van der Waals surface area (Å²) in [7, 11) is 0. The van der Waals surface area contributed by atoms with Gasteiger partial charge in [0.1, 0.15) is 0 Å². The van der Waals surface area contributed by atoms with Gasteiger partial charge in [-0.3, -0.25) is 14.8 Å². The van der Waals surface area contributed by atoms with Crippen LogP contribution in [0.25, 0.3) is 0 Å². The Labute approximate surface area is 101 Å². The molecule has 5 nitrogen and oxygen atoms in total. The first kappa shape index (κ1) is 12.0. The van der Waals surface area contributed by atoms with E-state index >= 15 is 0 Å². The number of rotatable bonds is 6. The highest BCUT2D eigenvalue weighted by atomic mass is 16.1. The lowest BCUT2D eigenvalue weighted by atomic mass is 10.3. The second kappa shape index (κ2) is 5.72. The molecule has 0 saturated heterocycles. The third-order valence-electron chi connectivity index (χ3n) is 2.61. The Bertz CT molecular complexity index is 373. The third kappa shape index (κ3) is 4.48. The number of hydrogen-bond acceptors (Lipinski definition) is 4. The van der Waals surface area contributed by atoms with Gasteiger partial charge < -0.3 is 10.6 Å². The van der Waals surface area contributed by atoms with Crippen LogP contribution >= 0.6 is 0 Å². The highest BCUT2D eigenvalue weighted by molar-refractivity contribution is 5.76. The number of hydrogen-bond donors (Lipinski definition) is 2. The van der Waals surface area contributed by atoms with Crippen LogP contribution in [0.5, 0.6) is 0 Å². The fraction of sp³-hybridized carbons (Fsp3) is 0.583. The Hall–Kier alpha value is -1.49. The van der Waals surface area contributed by atoms with Crippen molar-refractivity contribution in [2.45, 2.75) is 38.8 Å². The number of nitrogens with one attached hydrogen (secondary N) is 2. The third-order valence-corrected chi connectivity index (χ3v) is 2.61. The van der Waals surface area contributed by atoms with Gasteiger partial charge in [-0.1, -0.05) is 0 Å². The molecule has 1 aromatic heterocycles. The number of aryl methyl sites for hydroxylation is 1. The number of aromatic nitrogens is 2. The lowest BCUT2D eigenvalue weighted by Crippen LogP contribution is -2.29. The Morgan fingerprint density at radius 1 is 1.41 bits per heavy atom. The zero-order chi connectivity index (χ0) is 12.1. The second-order valence-corrected chi connectivity index (χ2v) is 4.42. The molecular formula is C12H18N4O. The molecule has 1 aliphatic carbocycles. The van der Waals surface area contributed by atoms with Crippen molar-refractivity contribution in [3.05, 3.63) is 23.8 Å². The highest BCUT2D eigenvalue weighted by Crippen LogP contribution is 2.18. The molecule has 1 fully saturated rings. The first-order chi connectivity index (χ1) is 8.24. The molecule has 1 aromatic rings. The van der Waals surface area contributed by atoms with Gasteiger partial charge in [0, 0.05) is 37.9 Å². The molecule has 2 rings (SSSR count). The van der Waals surface area contributed by atoms with E-state index < -0.39 is 0 Å². The lowest BCUT2D eigenvalue weighted by molar-refractivity contribution is -0.121. The zero-order valence-electron chi connectivity index (χ0n) is 10.1. The van der Waals surface area contributed by atoms with Crippen molar-refractivity contribution in [2.24, 2.45) is 0 Å². The lowest BCUT2D eigenvalue weighted by Gasteiger charge is -2.05. The molecule has 0 spiro atoms. The number of carbonyl (C=O) groups is 1. The molecule has 1 aliphatic rings. The average Bonchev–Trinajstić information content (AvgIpc) is 3.11. The van der Waals surface area contributed by atoms with Gasteiger partial charge in [-0.25, -0.2) is 0 Å². The molecule has 1 heterocycles. The second-order valence-electron chi connectivity index (χ2n) is 4.42. The van der Waals surface area contributed by atoms with Crippen molar-refractivity contribution < 1.29 is 4.79 Å². The van der Waals surface area contributed by atoms with Crippen LogP contribution < -0.4 is 10.6 Å². The van der Waals surface area contributed by atoms with E-state index in [0.29, 0.717) is 25.6 Å². The van der Waals surface area contributed by atoms with Gasteiger partial charge in [0.05, 0.1) is 11.4 Å². The number of nitrogens with zero attached hydrogens (tertiary/aromatic N) is 2. The zero-order valence-corrected chi connectivity index (χ0v) is 10.1. The standard InChI is InChI=1S/C12H18N4O/c1-9-6-15-11(8-14-9)7-13-5-4-12(17)16-10-2-3-10/h6,8,10,13H,2-5,7H2,1H3,(H,16,17). The van der Waals surface area contributed by atoms with Crippen molar-refractivity contribution in [1.82, 2.24) is 20.6 Å². The smallest absolute Gasteiger partial charge is 0.221 e. The summed E-state index contributed by atoms with van der Waals surface area (Å²) in [4.78, 5) is 19.8. The summed E-state index contributed by atoms with van der Waals surface area (Å²) >= 11 is 0. The van der Waals surface area contributed by atoms with Crippen molar-refractivity contribution in [2.75, 3.05) is 6.54 Å². The van der Waals surface area contributed by atoms with E-state index in [9.17, 15) is 4.79 Å². The molecule has 5 heteroatoms. The van der Waals surface area contributed by atoms with E-state index in [-0.39, 0.29) is 5.91 Å². The van der Waals surface area contributed by atoms with E-state index in [2.05, 4.69) is 20.6 Å². The summed E-state index contributed by atoms with van der Waals surface area (Å²) in [5.74, 6) is 0.134. The molecule has 2 N–H and O–H groups in total. The van der Waals surface area contributed by atoms with Gasteiger partial charge in [0.25, 0.3) is 0 Å². The maximum atomic E-state index is 11.4. The van der Waals surface area contributed by atoms with E-state index in [0.717, 1.165) is 24.2 Å². The molecule has 92 valence electrons. The van der Waals surface area contributed by atoms with Gasteiger partial charge >= 0.3 is 0 Å². The molecule has 0 atom stereocenters. The monoisotopic (exact) mass is 234 g/mol. The van der Waals surface area contributed by atoms with Crippen molar-refractivity contribution in [3.63, 3.8) is 0 Å². The Kier molecular flexibility index (Phi) is 4.03. The molecule has 17 heavy (non-hydrogen) atoms. The van der Waals surface area contributed by atoms with Crippen LogP contribution in [0.1, 0.15) is 30.7 Å². The Morgan fingerprint density at radius 2 is 2.24 bits per heavy atom. The van der Waals surface area contributed by atoms with Gasteiger partial charge in [0.2, 0.25) is 5.91 Å². The normalized spacial score (nSPS) is 14.6. The maximum absolute atomic E-state index is 11.4. The maximum Gasteiger partial charge on any atom is 0.221 e. The Morgan fingerprint density at radius 3 is 2.88 bits per heavy atom. The average molecular weight is 234 g/mol. The Balaban J connectivity index is 1.59. The van der Waals surface area contributed by atoms with Crippen LogP contribution in [0.4, 0.5) is 0 Å². The summed E-state index contributed by atoms with van der Waals surface area (Å²) in [5.41, 5.74) is 1.82. The van der Waals surface area contributed by atoms with Gasteiger partial charge in [0.15, 0.2) is 0 Å². The minimum atomic E-state index is 0.134. The van der Waals surface area contributed by atoms with Crippen molar-refractivity contribution in [3.8, 4) is 0 Å². The van der Waals surface area contributed by atoms with Gasteiger partial charge in [-0.05, 0) is 19.8 Å². The quantitative estimate of drug-likeness (QED) is 0.705. The molecule has 1 saturated carbocycles. The summed E-state index contributed by atoms with van der Waals surface area (Å²) in [6.07, 6.45) is 6.30. The molecular weight excluding hydrogens is 216 g/mol. The van der Waals surface area contributed by atoms with Gasteiger partial charge in [-0.2, -0.15) is 0 Å². The number of carbonyl (C=O) groups excluding carboxylic acids is 1. The van der Waals surface area contributed by atoms with Crippen LogP contribution in [-0.4, -0.2) is 28.5 Å². The summed E-state index contributed by atoms with van der Waals surface area (Å²) in [5, 5.41) is 6.14. The van der Waals surface area contributed by atoms with E-state index in [1.165, 1.54) is 0 Å². The summed E-state index contributed by atoms with van der Waals surface area (Å²) in [6.45, 7) is 3.24. The first-order valence-electron chi connectivity index (χ1n) is 6.01. The molecule has 0 aromatic carbocycles. The fourth-order valence-corrected chi connectivity index (χ4v) is 1.46. The van der Waals surface area contributed by atoms with Crippen LogP contribution in [0.15, 0.2) is 12.4 Å². The van der Waals surface area contributed by atoms with Crippen LogP contribution in [0.3, 0.4) is 0 Å². The number of amides is 1. The molecule has 0 unspecified atom stereocenters. The van der Waals surface area contributed by atoms with E-state index in [1.54, 1.807) is 12.4 Å². The largest absolute Gasteiger partial charge is 0.353 e. The predicted molar refractivity (Wildman–Crippen MR) is 64.3 cm³/mol. The highest BCUT2D eigenvalue weighted by Gasteiger charge is 2.22.